The molecule has 0 N–H and O–H groups in total. The van der Waals surface area contributed by atoms with Crippen LogP contribution in [0.4, 0.5) is 0 Å². The van der Waals surface area contributed by atoms with Gasteiger partial charge in [-0.25, -0.2) is 0 Å². The van der Waals surface area contributed by atoms with Gasteiger partial charge in [-0.2, -0.15) is 0 Å². The number of halogens is 1. The maximum Gasteiger partial charge on any atom is 0.132 e. The molecule has 0 saturated heterocycles. The first-order valence-corrected chi connectivity index (χ1v) is 5.69. The highest BCUT2D eigenvalue weighted by Crippen LogP contribution is 2.49. The highest BCUT2D eigenvalue weighted by Gasteiger charge is 2.44. The number of methoxy groups -OCH3 is 2. The Morgan fingerprint density at radius 1 is 1.29 bits per heavy atom. The van der Waals surface area contributed by atoms with Crippen molar-refractivity contribution in [3.63, 3.8) is 0 Å². The second-order valence-corrected chi connectivity index (χ2v) is 4.71. The van der Waals surface area contributed by atoms with Crippen molar-refractivity contribution in [3.8, 4) is 5.75 Å². The van der Waals surface area contributed by atoms with Gasteiger partial charge in [-0.15, -0.1) is 0 Å². The van der Waals surface area contributed by atoms with Gasteiger partial charge in [0.05, 0.1) is 16.3 Å². The van der Waals surface area contributed by atoms with Gasteiger partial charge in [0.15, 0.2) is 0 Å². The molecule has 2 rings (SSSR count). The lowest BCUT2D eigenvalue weighted by Crippen LogP contribution is -2.09. The second-order valence-electron chi connectivity index (χ2n) is 3.55. The first kappa shape index (κ1) is 10.2. The Balaban J connectivity index is 2.33. The molecule has 1 aliphatic rings. The van der Waals surface area contributed by atoms with Crippen molar-refractivity contribution < 1.29 is 9.47 Å². The fourth-order valence-electron chi connectivity index (χ4n) is 1.67. The molecule has 14 heavy (non-hydrogen) atoms. The van der Waals surface area contributed by atoms with Gasteiger partial charge >= 0.3 is 0 Å². The number of hydrogen-bond acceptors (Lipinski definition) is 2. The number of rotatable bonds is 3. The van der Waals surface area contributed by atoms with Crippen LogP contribution in [0.15, 0.2) is 18.2 Å². The molecule has 0 bridgehead atoms. The third-order valence-corrected chi connectivity index (χ3v) is 3.62. The van der Waals surface area contributed by atoms with Crippen LogP contribution in [0.3, 0.4) is 0 Å². The summed E-state index contributed by atoms with van der Waals surface area (Å²) in [5.74, 6) is 0.932. The molecule has 1 aliphatic carbocycles. The summed E-state index contributed by atoms with van der Waals surface area (Å²) in [6.07, 6.45) is 2.26. The van der Waals surface area contributed by atoms with E-state index in [1.165, 1.54) is 5.56 Å². The van der Waals surface area contributed by atoms with E-state index in [0.717, 1.165) is 22.2 Å². The highest BCUT2D eigenvalue weighted by atomic mass is 127. The molecule has 3 heteroatoms. The average Bonchev–Trinajstić information content (AvgIpc) is 2.98. The SMILES string of the molecule is COc1ccc(C2(OC)CC2)cc1I. The summed E-state index contributed by atoms with van der Waals surface area (Å²) in [5.41, 5.74) is 1.27. The van der Waals surface area contributed by atoms with E-state index in [9.17, 15) is 0 Å². The van der Waals surface area contributed by atoms with Crippen LogP contribution in [-0.2, 0) is 10.3 Å². The molecule has 0 spiro atoms. The summed E-state index contributed by atoms with van der Waals surface area (Å²) >= 11 is 2.29. The van der Waals surface area contributed by atoms with E-state index in [-0.39, 0.29) is 5.60 Å². The molecule has 1 fully saturated rings. The number of ether oxygens (including phenoxy) is 2. The van der Waals surface area contributed by atoms with Gasteiger partial charge in [-0.1, -0.05) is 6.07 Å². The maximum atomic E-state index is 5.52. The van der Waals surface area contributed by atoms with E-state index < -0.39 is 0 Å². The molecular formula is C11H13IO2. The second kappa shape index (κ2) is 3.70. The van der Waals surface area contributed by atoms with Crippen LogP contribution in [0.25, 0.3) is 0 Å². The van der Waals surface area contributed by atoms with E-state index in [1.807, 2.05) is 6.07 Å². The van der Waals surface area contributed by atoms with E-state index in [4.69, 9.17) is 9.47 Å². The largest absolute Gasteiger partial charge is 0.496 e. The molecule has 2 nitrogen and oxygen atoms in total. The molecule has 76 valence electrons. The molecule has 0 atom stereocenters. The molecule has 0 aromatic heterocycles. The fourth-order valence-corrected chi connectivity index (χ4v) is 2.41. The van der Waals surface area contributed by atoms with Crippen LogP contribution in [0.2, 0.25) is 0 Å². The summed E-state index contributed by atoms with van der Waals surface area (Å²) in [5, 5.41) is 0. The normalized spacial score (nSPS) is 17.9. The minimum Gasteiger partial charge on any atom is -0.496 e. The van der Waals surface area contributed by atoms with Gasteiger partial charge in [0, 0.05) is 7.11 Å². The van der Waals surface area contributed by atoms with E-state index in [0.29, 0.717) is 0 Å². The molecule has 0 aliphatic heterocycles. The van der Waals surface area contributed by atoms with E-state index in [2.05, 4.69) is 34.7 Å². The number of benzene rings is 1. The summed E-state index contributed by atoms with van der Waals surface area (Å²) < 4.78 is 11.9. The van der Waals surface area contributed by atoms with Crippen molar-refractivity contribution in [2.45, 2.75) is 18.4 Å². The molecule has 0 amide bonds. The Hall–Kier alpha value is -0.290. The van der Waals surface area contributed by atoms with Gasteiger partial charge in [0.2, 0.25) is 0 Å². The van der Waals surface area contributed by atoms with Gasteiger partial charge in [0.1, 0.15) is 5.75 Å². The maximum absolute atomic E-state index is 5.52. The molecule has 1 aromatic rings. The standard InChI is InChI=1S/C11H13IO2/c1-13-10-4-3-8(7-9(10)12)11(14-2)5-6-11/h3-4,7H,5-6H2,1-2H3. The molecule has 0 heterocycles. The van der Waals surface area contributed by atoms with Crippen LogP contribution in [0.1, 0.15) is 18.4 Å². The molecule has 0 radical (unpaired) electrons. The Kier molecular flexibility index (Phi) is 2.70. The zero-order chi connectivity index (χ0) is 10.2. The smallest absolute Gasteiger partial charge is 0.132 e. The van der Waals surface area contributed by atoms with Crippen molar-refractivity contribution >= 4 is 22.6 Å². The van der Waals surface area contributed by atoms with Crippen LogP contribution < -0.4 is 4.74 Å². The summed E-state index contributed by atoms with van der Waals surface area (Å²) in [6, 6.07) is 6.25. The molecular weight excluding hydrogens is 291 g/mol. The van der Waals surface area contributed by atoms with Crippen molar-refractivity contribution in [2.75, 3.05) is 14.2 Å². The predicted molar refractivity (Wildman–Crippen MR) is 63.6 cm³/mol. The minimum absolute atomic E-state index is 0.00614. The van der Waals surface area contributed by atoms with Crippen LogP contribution in [0.5, 0.6) is 5.75 Å². The topological polar surface area (TPSA) is 18.5 Å². The van der Waals surface area contributed by atoms with Crippen molar-refractivity contribution in [1.29, 1.82) is 0 Å². The first-order valence-electron chi connectivity index (χ1n) is 4.61. The lowest BCUT2D eigenvalue weighted by molar-refractivity contribution is 0.0788. The average molecular weight is 304 g/mol. The first-order chi connectivity index (χ1) is 6.72. The predicted octanol–water partition coefficient (Wildman–Crippen LogP) is 2.94. The molecule has 1 saturated carbocycles. The van der Waals surface area contributed by atoms with Crippen molar-refractivity contribution in [2.24, 2.45) is 0 Å². The Bertz CT molecular complexity index is 345. The van der Waals surface area contributed by atoms with E-state index in [1.54, 1.807) is 14.2 Å². The van der Waals surface area contributed by atoms with Gasteiger partial charge < -0.3 is 9.47 Å². The third-order valence-electron chi connectivity index (χ3n) is 2.77. The van der Waals surface area contributed by atoms with Crippen LogP contribution in [-0.4, -0.2) is 14.2 Å². The highest BCUT2D eigenvalue weighted by molar-refractivity contribution is 14.1. The van der Waals surface area contributed by atoms with Gasteiger partial charge in [0.25, 0.3) is 0 Å². The van der Waals surface area contributed by atoms with Crippen molar-refractivity contribution in [1.82, 2.24) is 0 Å². The summed E-state index contributed by atoms with van der Waals surface area (Å²) in [6.45, 7) is 0. The molecule has 1 aromatic carbocycles. The summed E-state index contributed by atoms with van der Waals surface area (Å²) in [7, 11) is 3.48. The van der Waals surface area contributed by atoms with Crippen LogP contribution >= 0.6 is 22.6 Å². The lowest BCUT2D eigenvalue weighted by atomic mass is 10.1. The van der Waals surface area contributed by atoms with Gasteiger partial charge in [-0.05, 0) is 53.1 Å². The Morgan fingerprint density at radius 3 is 2.43 bits per heavy atom. The summed E-state index contributed by atoms with van der Waals surface area (Å²) in [4.78, 5) is 0. The third kappa shape index (κ3) is 1.63. The van der Waals surface area contributed by atoms with Crippen molar-refractivity contribution in [3.05, 3.63) is 27.3 Å². The monoisotopic (exact) mass is 304 g/mol. The van der Waals surface area contributed by atoms with Crippen LogP contribution in [0, 0.1) is 3.57 Å². The Morgan fingerprint density at radius 2 is 2.00 bits per heavy atom. The van der Waals surface area contributed by atoms with Gasteiger partial charge in [-0.3, -0.25) is 0 Å². The Labute approximate surface area is 97.7 Å². The molecule has 0 unspecified atom stereocenters. The zero-order valence-corrected chi connectivity index (χ0v) is 10.5. The minimum atomic E-state index is 0.00614. The number of hydrogen-bond donors (Lipinski definition) is 0. The van der Waals surface area contributed by atoms with E-state index >= 15 is 0 Å². The fraction of sp³-hybridized carbons (Fsp3) is 0.455. The lowest BCUT2D eigenvalue weighted by Gasteiger charge is -2.14. The zero-order valence-electron chi connectivity index (χ0n) is 8.34. The quantitative estimate of drug-likeness (QED) is 0.799.